The molecule has 1 aliphatic carbocycles. The van der Waals surface area contributed by atoms with Crippen LogP contribution in [-0.2, 0) is 9.59 Å². The van der Waals surface area contributed by atoms with E-state index in [1.54, 1.807) is 12.3 Å². The number of phenols is 1. The van der Waals surface area contributed by atoms with E-state index in [0.717, 1.165) is 45.2 Å². The largest absolute Gasteiger partial charge is 0.507 e. The number of phenolic OH excluding ortho intramolecular Hbond substituents is 1. The van der Waals surface area contributed by atoms with Crippen LogP contribution in [-0.4, -0.2) is 56.3 Å². The number of aromatic hydroxyl groups is 1. The van der Waals surface area contributed by atoms with Crippen LogP contribution in [0.4, 0.5) is 0 Å². The average Bonchev–Trinajstić information content (AvgIpc) is 3.24. The van der Waals surface area contributed by atoms with Crippen LogP contribution in [0.3, 0.4) is 0 Å². The van der Waals surface area contributed by atoms with E-state index < -0.39 is 23.9 Å². The molecule has 1 aliphatic heterocycles. The number of fused-ring (bicyclic) bond motifs is 2. The quantitative estimate of drug-likeness (QED) is 0.201. The van der Waals surface area contributed by atoms with Gasteiger partial charge in [-0.15, -0.1) is 0 Å². The molecule has 2 heterocycles. The summed E-state index contributed by atoms with van der Waals surface area (Å²) < 4.78 is 0. The van der Waals surface area contributed by atoms with Crippen molar-refractivity contribution in [2.24, 2.45) is 17.8 Å². The second-order valence-corrected chi connectivity index (χ2v) is 11.4. The van der Waals surface area contributed by atoms with Crippen LogP contribution < -0.4 is 0 Å². The number of aliphatic hydroxyl groups excluding tert-OH is 2. The third kappa shape index (κ3) is 5.63. The molecule has 7 heteroatoms. The maximum Gasteiger partial charge on any atom is 0.233 e. The van der Waals surface area contributed by atoms with Crippen molar-refractivity contribution in [1.29, 1.82) is 0 Å². The first-order valence-corrected chi connectivity index (χ1v) is 15.1. The number of amides is 2. The Morgan fingerprint density at radius 3 is 2.48 bits per heavy atom. The topological polar surface area (TPSA) is 111 Å². The van der Waals surface area contributed by atoms with Gasteiger partial charge in [0.15, 0.2) is 0 Å². The molecule has 0 unspecified atom stereocenters. The third-order valence-electron chi connectivity index (χ3n) is 8.78. The number of allylic oxidation sites excluding steroid dienone is 2. The van der Waals surface area contributed by atoms with Crippen molar-refractivity contribution in [3.63, 3.8) is 0 Å². The average molecular weight is 569 g/mol. The first-order valence-electron chi connectivity index (χ1n) is 15.1. The van der Waals surface area contributed by atoms with Gasteiger partial charge < -0.3 is 15.3 Å². The first-order chi connectivity index (χ1) is 20.4. The molecule has 5 rings (SSSR count). The number of likely N-dealkylation sites (tertiary alicyclic amines) is 1. The SMILES string of the molecule is CCCC1=C([C@H](O)CC/C(=C/c2ccc(O)c3ccccc23)c2ccccn2)[C@H](CO)[C@@H]2C(=O)N(CCC)C(=O)[C@@H]2C1. The Morgan fingerprint density at radius 1 is 1.02 bits per heavy atom. The van der Waals surface area contributed by atoms with Crippen LogP contribution in [0.5, 0.6) is 5.75 Å². The Bertz CT molecular complexity index is 1510. The molecule has 1 saturated heterocycles. The molecule has 0 bridgehead atoms. The predicted molar refractivity (Wildman–Crippen MR) is 164 cm³/mol. The van der Waals surface area contributed by atoms with E-state index in [1.807, 2.05) is 55.5 Å². The van der Waals surface area contributed by atoms with Crippen molar-refractivity contribution in [3.8, 4) is 5.75 Å². The normalized spacial score (nSPS) is 21.8. The second kappa shape index (κ2) is 13.0. The molecule has 7 nitrogen and oxygen atoms in total. The van der Waals surface area contributed by atoms with E-state index >= 15 is 0 Å². The number of benzene rings is 2. The second-order valence-electron chi connectivity index (χ2n) is 11.4. The number of rotatable bonds is 11. The van der Waals surface area contributed by atoms with Gasteiger partial charge in [0.25, 0.3) is 0 Å². The van der Waals surface area contributed by atoms with Crippen molar-refractivity contribution in [2.75, 3.05) is 13.2 Å². The van der Waals surface area contributed by atoms with Gasteiger partial charge in [0.1, 0.15) is 5.75 Å². The number of hydrogen-bond acceptors (Lipinski definition) is 6. The number of pyridine rings is 1. The summed E-state index contributed by atoms with van der Waals surface area (Å²) in [5.41, 5.74) is 4.38. The Labute approximate surface area is 247 Å². The standard InChI is InChI=1S/C35H40N2O5/c1-3-9-24-20-27-33(35(42)37(18-4-2)34(27)41)28(21-38)32(24)31(40)16-14-23(29-12-7-8-17-36-29)19-22-13-15-30(39)26-11-6-5-10-25(22)26/h5-8,10-13,15,17,19,27-28,31,33,38-40H,3-4,9,14,16,18,20-21H2,1-2H3/b23-19-/t27-,28+,31-,33-/m1/s1. The van der Waals surface area contributed by atoms with Crippen molar-refractivity contribution in [3.05, 3.63) is 83.2 Å². The summed E-state index contributed by atoms with van der Waals surface area (Å²) in [6, 6.07) is 17.0. The van der Waals surface area contributed by atoms with E-state index in [0.29, 0.717) is 38.6 Å². The molecule has 0 saturated carbocycles. The highest BCUT2D eigenvalue weighted by Crippen LogP contribution is 2.47. The summed E-state index contributed by atoms with van der Waals surface area (Å²) in [5, 5.41) is 34.4. The number of aliphatic hydroxyl groups is 2. The zero-order valence-corrected chi connectivity index (χ0v) is 24.4. The number of hydrogen-bond donors (Lipinski definition) is 3. The molecular weight excluding hydrogens is 528 g/mol. The summed E-state index contributed by atoms with van der Waals surface area (Å²) in [4.78, 5) is 32.5. The van der Waals surface area contributed by atoms with Gasteiger partial charge in [-0.1, -0.05) is 62.2 Å². The number of aromatic nitrogens is 1. The first kappa shape index (κ1) is 29.7. The molecule has 2 amide bonds. The monoisotopic (exact) mass is 568 g/mol. The van der Waals surface area contributed by atoms with Gasteiger partial charge in [-0.2, -0.15) is 0 Å². The summed E-state index contributed by atoms with van der Waals surface area (Å²) >= 11 is 0. The highest BCUT2D eigenvalue weighted by atomic mass is 16.3. The van der Waals surface area contributed by atoms with Crippen molar-refractivity contribution in [2.45, 2.75) is 58.5 Å². The van der Waals surface area contributed by atoms with Gasteiger partial charge in [-0.05, 0) is 78.5 Å². The molecule has 3 N–H and O–H groups in total. The minimum atomic E-state index is -0.878. The highest BCUT2D eigenvalue weighted by Gasteiger charge is 2.54. The zero-order valence-electron chi connectivity index (χ0n) is 24.4. The molecule has 2 aromatic carbocycles. The highest BCUT2D eigenvalue weighted by molar-refractivity contribution is 6.06. The molecule has 1 aromatic heterocycles. The molecule has 220 valence electrons. The fourth-order valence-corrected chi connectivity index (χ4v) is 6.90. The molecule has 1 fully saturated rings. The molecule has 3 aromatic rings. The van der Waals surface area contributed by atoms with Crippen LogP contribution in [0.15, 0.2) is 71.9 Å². The van der Waals surface area contributed by atoms with Crippen LogP contribution in [0.2, 0.25) is 0 Å². The number of nitrogens with zero attached hydrogens (tertiary/aromatic N) is 2. The van der Waals surface area contributed by atoms with Crippen molar-refractivity contribution < 1.29 is 24.9 Å². The number of carbonyl (C=O) groups excluding carboxylic acids is 2. The maximum absolute atomic E-state index is 13.4. The van der Waals surface area contributed by atoms with E-state index in [9.17, 15) is 24.9 Å². The van der Waals surface area contributed by atoms with Crippen LogP contribution >= 0.6 is 0 Å². The molecule has 4 atom stereocenters. The van der Waals surface area contributed by atoms with Crippen LogP contribution in [0, 0.1) is 17.8 Å². The lowest BCUT2D eigenvalue weighted by molar-refractivity contribution is -0.140. The lowest BCUT2D eigenvalue weighted by Gasteiger charge is -2.36. The third-order valence-corrected chi connectivity index (χ3v) is 8.78. The van der Waals surface area contributed by atoms with E-state index in [4.69, 9.17) is 0 Å². The summed E-state index contributed by atoms with van der Waals surface area (Å²) in [6.07, 6.45) is 6.48. The fraction of sp³-hybridized carbons (Fsp3) is 0.400. The molecule has 0 radical (unpaired) electrons. The maximum atomic E-state index is 13.4. The molecular formula is C35H40N2O5. The summed E-state index contributed by atoms with van der Waals surface area (Å²) in [7, 11) is 0. The fourth-order valence-electron chi connectivity index (χ4n) is 6.90. The van der Waals surface area contributed by atoms with Crippen molar-refractivity contribution in [1.82, 2.24) is 9.88 Å². The zero-order chi connectivity index (χ0) is 29.8. The number of carbonyl (C=O) groups is 2. The van der Waals surface area contributed by atoms with Gasteiger partial charge in [0.05, 0.1) is 30.2 Å². The van der Waals surface area contributed by atoms with Gasteiger partial charge >= 0.3 is 0 Å². The minimum Gasteiger partial charge on any atom is -0.507 e. The molecule has 0 spiro atoms. The Kier molecular flexibility index (Phi) is 9.19. The lowest BCUT2D eigenvalue weighted by atomic mass is 9.67. The predicted octanol–water partition coefficient (Wildman–Crippen LogP) is 5.74. The lowest BCUT2D eigenvalue weighted by Crippen LogP contribution is -2.39. The van der Waals surface area contributed by atoms with Gasteiger partial charge in [0, 0.05) is 24.0 Å². The Morgan fingerprint density at radius 2 is 1.79 bits per heavy atom. The van der Waals surface area contributed by atoms with Gasteiger partial charge in [-0.3, -0.25) is 19.5 Å². The summed E-state index contributed by atoms with van der Waals surface area (Å²) in [6.45, 7) is 4.10. The van der Waals surface area contributed by atoms with E-state index in [2.05, 4.69) is 18.0 Å². The van der Waals surface area contributed by atoms with E-state index in [1.165, 1.54) is 4.90 Å². The van der Waals surface area contributed by atoms with Gasteiger partial charge in [0.2, 0.25) is 11.8 Å². The van der Waals surface area contributed by atoms with Crippen molar-refractivity contribution >= 4 is 34.2 Å². The smallest absolute Gasteiger partial charge is 0.233 e. The van der Waals surface area contributed by atoms with E-state index in [-0.39, 0.29) is 24.2 Å². The number of imide groups is 1. The molecule has 42 heavy (non-hydrogen) atoms. The van der Waals surface area contributed by atoms with Gasteiger partial charge in [-0.25, -0.2) is 0 Å². The minimum absolute atomic E-state index is 0.145. The Hall–Kier alpha value is -3.81. The molecule has 2 aliphatic rings. The Balaban J connectivity index is 1.48. The van der Waals surface area contributed by atoms with Crippen LogP contribution in [0.1, 0.15) is 63.6 Å². The summed E-state index contributed by atoms with van der Waals surface area (Å²) in [5.74, 6) is -1.83. The van der Waals surface area contributed by atoms with Crippen LogP contribution in [0.25, 0.3) is 22.4 Å².